The number of carboxylic acid groups (broad SMARTS) is 1. The SMILES string of the molecule is CCC[C@H](NC(=O)NCC1CCN(CC)CC1)C(=O)O. The number of carbonyl (C=O) groups excluding carboxylic acids is 1. The minimum absolute atomic E-state index is 0.372. The van der Waals surface area contributed by atoms with Crippen LogP contribution in [0.2, 0.25) is 0 Å². The molecule has 1 rings (SSSR count). The minimum atomic E-state index is -0.974. The molecular weight excluding hydrogens is 258 g/mol. The Balaban J connectivity index is 2.24. The molecule has 1 atom stereocenters. The highest BCUT2D eigenvalue weighted by atomic mass is 16.4. The second-order valence-electron chi connectivity index (χ2n) is 5.41. The first kappa shape index (κ1) is 16.8. The van der Waals surface area contributed by atoms with E-state index in [4.69, 9.17) is 5.11 Å². The molecule has 0 saturated carbocycles. The summed E-state index contributed by atoms with van der Waals surface area (Å²) >= 11 is 0. The summed E-state index contributed by atoms with van der Waals surface area (Å²) in [6.07, 6.45) is 3.36. The minimum Gasteiger partial charge on any atom is -0.480 e. The van der Waals surface area contributed by atoms with E-state index in [9.17, 15) is 9.59 Å². The van der Waals surface area contributed by atoms with E-state index in [0.717, 1.165) is 38.9 Å². The standard InChI is InChI=1S/C14H27N3O3/c1-3-5-12(13(18)19)16-14(20)15-10-11-6-8-17(4-2)9-7-11/h11-12H,3-10H2,1-2H3,(H,18,19)(H2,15,16,20)/t12-/m0/s1. The van der Waals surface area contributed by atoms with Crippen LogP contribution in [0.15, 0.2) is 0 Å². The molecule has 0 radical (unpaired) electrons. The van der Waals surface area contributed by atoms with Gasteiger partial charge in [0, 0.05) is 6.54 Å². The third-order valence-electron chi connectivity index (χ3n) is 3.89. The Labute approximate surface area is 120 Å². The molecule has 20 heavy (non-hydrogen) atoms. The van der Waals surface area contributed by atoms with Gasteiger partial charge in [0.05, 0.1) is 0 Å². The number of rotatable bonds is 7. The van der Waals surface area contributed by atoms with Crippen molar-refractivity contribution in [1.29, 1.82) is 0 Å². The van der Waals surface area contributed by atoms with Gasteiger partial charge in [0.15, 0.2) is 0 Å². The van der Waals surface area contributed by atoms with Crippen molar-refractivity contribution in [3.63, 3.8) is 0 Å². The van der Waals surface area contributed by atoms with Crippen LogP contribution in [0.1, 0.15) is 39.5 Å². The van der Waals surface area contributed by atoms with Crippen molar-refractivity contribution in [2.24, 2.45) is 5.92 Å². The van der Waals surface area contributed by atoms with Crippen LogP contribution in [-0.4, -0.2) is 54.2 Å². The summed E-state index contributed by atoms with van der Waals surface area (Å²) in [5.41, 5.74) is 0. The van der Waals surface area contributed by atoms with Crippen molar-refractivity contribution in [2.75, 3.05) is 26.2 Å². The van der Waals surface area contributed by atoms with Crippen molar-refractivity contribution in [2.45, 2.75) is 45.6 Å². The van der Waals surface area contributed by atoms with Gasteiger partial charge in [0.2, 0.25) is 0 Å². The number of hydrogen-bond donors (Lipinski definition) is 3. The van der Waals surface area contributed by atoms with Crippen LogP contribution in [0.5, 0.6) is 0 Å². The van der Waals surface area contributed by atoms with Gasteiger partial charge in [-0.15, -0.1) is 0 Å². The van der Waals surface area contributed by atoms with Gasteiger partial charge in [-0.05, 0) is 44.8 Å². The normalized spacial score (nSPS) is 18.5. The highest BCUT2D eigenvalue weighted by Gasteiger charge is 2.21. The highest BCUT2D eigenvalue weighted by molar-refractivity contribution is 5.82. The van der Waals surface area contributed by atoms with E-state index in [1.807, 2.05) is 6.92 Å². The van der Waals surface area contributed by atoms with Crippen LogP contribution in [0.3, 0.4) is 0 Å². The molecule has 2 amide bonds. The fourth-order valence-corrected chi connectivity index (χ4v) is 2.50. The van der Waals surface area contributed by atoms with Crippen LogP contribution >= 0.6 is 0 Å². The topological polar surface area (TPSA) is 81.7 Å². The largest absolute Gasteiger partial charge is 0.480 e. The third kappa shape index (κ3) is 5.77. The monoisotopic (exact) mass is 285 g/mol. The Kier molecular flexibility index (Phi) is 7.36. The number of amides is 2. The van der Waals surface area contributed by atoms with Gasteiger partial charge in [-0.1, -0.05) is 20.3 Å². The van der Waals surface area contributed by atoms with Crippen LogP contribution < -0.4 is 10.6 Å². The Morgan fingerprint density at radius 2 is 1.95 bits per heavy atom. The first-order valence-corrected chi connectivity index (χ1v) is 7.56. The average Bonchev–Trinajstić information content (AvgIpc) is 2.45. The quantitative estimate of drug-likeness (QED) is 0.658. The van der Waals surface area contributed by atoms with Crippen LogP contribution in [-0.2, 0) is 4.79 Å². The first-order chi connectivity index (χ1) is 9.56. The molecule has 1 aliphatic heterocycles. The summed E-state index contributed by atoms with van der Waals surface area (Å²) in [4.78, 5) is 25.1. The number of piperidine rings is 1. The molecule has 1 aliphatic rings. The predicted octanol–water partition coefficient (Wildman–Crippen LogP) is 1.27. The molecule has 6 heteroatoms. The molecule has 116 valence electrons. The Hall–Kier alpha value is -1.30. The fourth-order valence-electron chi connectivity index (χ4n) is 2.50. The van der Waals surface area contributed by atoms with Gasteiger partial charge in [-0.25, -0.2) is 9.59 Å². The van der Waals surface area contributed by atoms with Gasteiger partial charge in [0.1, 0.15) is 6.04 Å². The van der Waals surface area contributed by atoms with Crippen LogP contribution in [0, 0.1) is 5.92 Å². The van der Waals surface area contributed by atoms with Crippen molar-refractivity contribution in [1.82, 2.24) is 15.5 Å². The van der Waals surface area contributed by atoms with Gasteiger partial charge in [0.25, 0.3) is 0 Å². The maximum absolute atomic E-state index is 11.7. The smallest absolute Gasteiger partial charge is 0.326 e. The maximum Gasteiger partial charge on any atom is 0.326 e. The van der Waals surface area contributed by atoms with E-state index in [1.54, 1.807) is 0 Å². The number of nitrogens with one attached hydrogen (secondary N) is 2. The lowest BCUT2D eigenvalue weighted by molar-refractivity contribution is -0.139. The van der Waals surface area contributed by atoms with Crippen LogP contribution in [0.25, 0.3) is 0 Å². The summed E-state index contributed by atoms with van der Waals surface area (Å²) in [7, 11) is 0. The summed E-state index contributed by atoms with van der Waals surface area (Å²) in [6, 6.07) is -1.16. The Morgan fingerprint density at radius 1 is 1.30 bits per heavy atom. The molecule has 0 aliphatic carbocycles. The molecule has 0 bridgehead atoms. The molecular formula is C14H27N3O3. The number of likely N-dealkylation sites (tertiary alicyclic amines) is 1. The second kappa shape index (κ2) is 8.79. The van der Waals surface area contributed by atoms with Gasteiger partial charge in [-0.2, -0.15) is 0 Å². The van der Waals surface area contributed by atoms with Crippen molar-refractivity contribution >= 4 is 12.0 Å². The Bertz CT molecular complexity index is 315. The van der Waals surface area contributed by atoms with Crippen molar-refractivity contribution < 1.29 is 14.7 Å². The molecule has 0 unspecified atom stereocenters. The zero-order chi connectivity index (χ0) is 15.0. The predicted molar refractivity (Wildman–Crippen MR) is 77.7 cm³/mol. The Morgan fingerprint density at radius 3 is 2.45 bits per heavy atom. The average molecular weight is 285 g/mol. The zero-order valence-corrected chi connectivity index (χ0v) is 12.5. The number of aliphatic carboxylic acids is 1. The lowest BCUT2D eigenvalue weighted by atomic mass is 9.97. The second-order valence-corrected chi connectivity index (χ2v) is 5.41. The highest BCUT2D eigenvalue weighted by Crippen LogP contribution is 2.15. The third-order valence-corrected chi connectivity index (χ3v) is 3.89. The molecule has 0 aromatic carbocycles. The molecule has 1 fully saturated rings. The molecule has 0 aromatic heterocycles. The summed E-state index contributed by atoms with van der Waals surface area (Å²) in [5, 5.41) is 14.3. The molecule has 1 saturated heterocycles. The summed E-state index contributed by atoms with van der Waals surface area (Å²) in [5.74, 6) is -0.476. The molecule has 0 spiro atoms. The number of nitrogens with zero attached hydrogens (tertiary/aromatic N) is 1. The van der Waals surface area contributed by atoms with E-state index < -0.39 is 12.0 Å². The molecule has 0 aromatic rings. The molecule has 6 nitrogen and oxygen atoms in total. The molecule has 3 N–H and O–H groups in total. The number of urea groups is 1. The van der Waals surface area contributed by atoms with E-state index in [2.05, 4.69) is 22.5 Å². The van der Waals surface area contributed by atoms with Gasteiger partial charge in [-0.3, -0.25) is 0 Å². The van der Waals surface area contributed by atoms with Gasteiger partial charge >= 0.3 is 12.0 Å². The van der Waals surface area contributed by atoms with Gasteiger partial charge < -0.3 is 20.6 Å². The zero-order valence-electron chi connectivity index (χ0n) is 12.5. The van der Waals surface area contributed by atoms with E-state index in [-0.39, 0.29) is 6.03 Å². The van der Waals surface area contributed by atoms with Crippen molar-refractivity contribution in [3.05, 3.63) is 0 Å². The number of hydrogen-bond acceptors (Lipinski definition) is 3. The summed E-state index contributed by atoms with van der Waals surface area (Å²) < 4.78 is 0. The van der Waals surface area contributed by atoms with E-state index in [0.29, 0.717) is 18.9 Å². The first-order valence-electron chi connectivity index (χ1n) is 7.56. The maximum atomic E-state index is 11.7. The van der Waals surface area contributed by atoms with E-state index >= 15 is 0 Å². The molecule has 1 heterocycles. The lowest BCUT2D eigenvalue weighted by Gasteiger charge is -2.31. The number of carboxylic acids is 1. The van der Waals surface area contributed by atoms with Crippen LogP contribution in [0.4, 0.5) is 4.79 Å². The number of carbonyl (C=O) groups is 2. The van der Waals surface area contributed by atoms with Crippen molar-refractivity contribution in [3.8, 4) is 0 Å². The fraction of sp³-hybridized carbons (Fsp3) is 0.857. The van der Waals surface area contributed by atoms with E-state index in [1.165, 1.54) is 0 Å². The summed E-state index contributed by atoms with van der Waals surface area (Å²) in [6.45, 7) is 7.93. The lowest BCUT2D eigenvalue weighted by Crippen LogP contribution is -2.47.